The van der Waals surface area contributed by atoms with E-state index in [1.54, 1.807) is 20.2 Å². The zero-order chi connectivity index (χ0) is 13.0. The van der Waals surface area contributed by atoms with Crippen LogP contribution in [0.5, 0.6) is 0 Å². The van der Waals surface area contributed by atoms with Gasteiger partial charge in [-0.05, 0) is 18.9 Å². The molecule has 0 saturated heterocycles. The molecule has 0 saturated carbocycles. The quantitative estimate of drug-likeness (QED) is 0.865. The van der Waals surface area contributed by atoms with E-state index in [1.165, 1.54) is 10.6 Å². The number of amides is 1. The Morgan fingerprint density at radius 3 is 2.72 bits per heavy atom. The predicted octanol–water partition coefficient (Wildman–Crippen LogP) is 1.18. The summed E-state index contributed by atoms with van der Waals surface area (Å²) >= 11 is 0. The van der Waals surface area contributed by atoms with Crippen LogP contribution in [0.4, 0.5) is 5.69 Å². The highest BCUT2D eigenvalue weighted by Gasteiger charge is 2.13. The first-order valence-electron chi connectivity index (χ1n) is 5.69. The number of rotatable bonds is 4. The summed E-state index contributed by atoms with van der Waals surface area (Å²) in [6.07, 6.45) is 3.12. The van der Waals surface area contributed by atoms with Crippen LogP contribution >= 0.6 is 12.4 Å². The van der Waals surface area contributed by atoms with Crippen molar-refractivity contribution in [2.75, 3.05) is 5.32 Å². The average Bonchev–Trinajstić information content (AvgIpc) is 2.26. The van der Waals surface area contributed by atoms with Crippen LogP contribution in [-0.4, -0.2) is 16.5 Å². The van der Waals surface area contributed by atoms with Gasteiger partial charge in [-0.15, -0.1) is 12.4 Å². The zero-order valence-corrected chi connectivity index (χ0v) is 11.7. The summed E-state index contributed by atoms with van der Waals surface area (Å²) < 4.78 is 1.42. The van der Waals surface area contributed by atoms with Crippen molar-refractivity contribution in [1.82, 2.24) is 4.57 Å². The average molecular weight is 274 g/mol. The molecule has 1 aromatic rings. The zero-order valence-electron chi connectivity index (χ0n) is 10.9. The standard InChI is InChI=1S/C12H19N3O2.ClH/c1-4-5-9(13)12(17)14-10-7-15(3)11(16)6-8(10)2;/h6-7,9H,4-5,13H2,1-3H3,(H,14,17);1H. The number of hydrogen-bond acceptors (Lipinski definition) is 3. The molecule has 18 heavy (non-hydrogen) atoms. The fraction of sp³-hybridized carbons (Fsp3) is 0.500. The number of carbonyl (C=O) groups excluding carboxylic acids is 1. The number of nitrogens with two attached hydrogens (primary N) is 1. The fourth-order valence-corrected chi connectivity index (χ4v) is 1.52. The molecular formula is C12H20ClN3O2. The van der Waals surface area contributed by atoms with E-state index in [0.717, 1.165) is 12.0 Å². The molecule has 3 N–H and O–H groups in total. The number of pyridine rings is 1. The number of anilines is 1. The van der Waals surface area contributed by atoms with Crippen LogP contribution in [-0.2, 0) is 11.8 Å². The van der Waals surface area contributed by atoms with Gasteiger partial charge < -0.3 is 15.6 Å². The van der Waals surface area contributed by atoms with Gasteiger partial charge in [-0.25, -0.2) is 0 Å². The number of halogens is 1. The maximum Gasteiger partial charge on any atom is 0.250 e. The highest BCUT2D eigenvalue weighted by atomic mass is 35.5. The molecule has 0 bridgehead atoms. The van der Waals surface area contributed by atoms with Crippen molar-refractivity contribution in [2.45, 2.75) is 32.7 Å². The minimum Gasteiger partial charge on any atom is -0.323 e. The lowest BCUT2D eigenvalue weighted by Gasteiger charge is -2.13. The monoisotopic (exact) mass is 273 g/mol. The summed E-state index contributed by atoms with van der Waals surface area (Å²) in [6.45, 7) is 3.76. The van der Waals surface area contributed by atoms with E-state index in [0.29, 0.717) is 12.1 Å². The molecule has 1 rings (SSSR count). The molecule has 1 heterocycles. The molecule has 1 atom stereocenters. The van der Waals surface area contributed by atoms with Crippen LogP contribution in [0, 0.1) is 6.92 Å². The van der Waals surface area contributed by atoms with Gasteiger partial charge in [-0.3, -0.25) is 9.59 Å². The molecule has 6 heteroatoms. The smallest absolute Gasteiger partial charge is 0.250 e. The summed E-state index contributed by atoms with van der Waals surface area (Å²) in [6, 6.07) is 0.984. The maximum atomic E-state index is 11.7. The van der Waals surface area contributed by atoms with Gasteiger partial charge >= 0.3 is 0 Å². The van der Waals surface area contributed by atoms with E-state index in [2.05, 4.69) is 5.32 Å². The number of nitrogens with zero attached hydrogens (tertiary/aromatic N) is 1. The van der Waals surface area contributed by atoms with Crippen molar-refractivity contribution in [3.8, 4) is 0 Å². The third-order valence-corrected chi connectivity index (χ3v) is 2.63. The molecule has 0 aliphatic carbocycles. The normalized spacial score (nSPS) is 11.6. The third kappa shape index (κ3) is 4.16. The Hall–Kier alpha value is -1.33. The summed E-state index contributed by atoms with van der Waals surface area (Å²) in [5.74, 6) is -0.214. The number of nitrogens with one attached hydrogen (secondary N) is 1. The van der Waals surface area contributed by atoms with Crippen LogP contribution in [0.15, 0.2) is 17.1 Å². The van der Waals surface area contributed by atoms with Crippen molar-refractivity contribution in [1.29, 1.82) is 0 Å². The van der Waals surface area contributed by atoms with Gasteiger partial charge in [0.1, 0.15) is 0 Å². The molecule has 0 aliphatic rings. The van der Waals surface area contributed by atoms with Gasteiger partial charge in [0.15, 0.2) is 0 Å². The lowest BCUT2D eigenvalue weighted by atomic mass is 10.1. The van der Waals surface area contributed by atoms with Crippen LogP contribution in [0.25, 0.3) is 0 Å². The van der Waals surface area contributed by atoms with E-state index in [-0.39, 0.29) is 23.9 Å². The molecule has 1 amide bonds. The van der Waals surface area contributed by atoms with Gasteiger partial charge in [0, 0.05) is 19.3 Å². The molecule has 0 aromatic carbocycles. The first-order valence-corrected chi connectivity index (χ1v) is 5.69. The summed E-state index contributed by atoms with van der Waals surface area (Å²) in [7, 11) is 1.64. The van der Waals surface area contributed by atoms with Gasteiger partial charge in [-0.2, -0.15) is 0 Å². The molecular weight excluding hydrogens is 254 g/mol. The Bertz CT molecular complexity index is 471. The van der Waals surface area contributed by atoms with E-state index in [1.807, 2.05) is 6.92 Å². The summed E-state index contributed by atoms with van der Waals surface area (Å²) in [5, 5.41) is 2.74. The Morgan fingerprint density at radius 2 is 2.17 bits per heavy atom. The molecule has 1 unspecified atom stereocenters. The van der Waals surface area contributed by atoms with Crippen molar-refractivity contribution in [3.63, 3.8) is 0 Å². The molecule has 5 nitrogen and oxygen atoms in total. The first kappa shape index (κ1) is 16.7. The molecule has 1 aromatic heterocycles. The van der Waals surface area contributed by atoms with Crippen LogP contribution in [0.1, 0.15) is 25.3 Å². The molecule has 0 radical (unpaired) electrons. The highest BCUT2D eigenvalue weighted by Crippen LogP contribution is 2.11. The lowest BCUT2D eigenvalue weighted by Crippen LogP contribution is -2.35. The van der Waals surface area contributed by atoms with Crippen molar-refractivity contribution in [3.05, 3.63) is 28.2 Å². The maximum absolute atomic E-state index is 11.7. The van der Waals surface area contributed by atoms with Gasteiger partial charge in [0.2, 0.25) is 5.91 Å². The van der Waals surface area contributed by atoms with Gasteiger partial charge in [0.25, 0.3) is 5.56 Å². The Morgan fingerprint density at radius 1 is 1.56 bits per heavy atom. The summed E-state index contributed by atoms with van der Waals surface area (Å²) in [4.78, 5) is 23.1. The van der Waals surface area contributed by atoms with E-state index in [9.17, 15) is 9.59 Å². The van der Waals surface area contributed by atoms with E-state index < -0.39 is 6.04 Å². The van der Waals surface area contributed by atoms with Gasteiger partial charge in [0.05, 0.1) is 11.7 Å². The molecule has 102 valence electrons. The minimum absolute atomic E-state index is 0. The summed E-state index contributed by atoms with van der Waals surface area (Å²) in [5.41, 5.74) is 6.98. The van der Waals surface area contributed by atoms with Crippen molar-refractivity contribution < 1.29 is 4.79 Å². The Kier molecular flexibility index (Phi) is 6.65. The molecule has 0 spiro atoms. The minimum atomic E-state index is -0.503. The second-order valence-electron chi connectivity index (χ2n) is 4.20. The second kappa shape index (κ2) is 7.18. The Labute approximate surface area is 113 Å². The highest BCUT2D eigenvalue weighted by molar-refractivity contribution is 5.95. The van der Waals surface area contributed by atoms with Gasteiger partial charge in [-0.1, -0.05) is 13.3 Å². The Balaban J connectivity index is 0.00000289. The topological polar surface area (TPSA) is 77.1 Å². The number of hydrogen-bond donors (Lipinski definition) is 2. The molecule has 0 fully saturated rings. The van der Waals surface area contributed by atoms with E-state index in [4.69, 9.17) is 5.73 Å². The van der Waals surface area contributed by atoms with Crippen LogP contribution in [0.3, 0.4) is 0 Å². The fourth-order valence-electron chi connectivity index (χ4n) is 1.52. The molecule has 0 aliphatic heterocycles. The number of carbonyl (C=O) groups is 1. The predicted molar refractivity (Wildman–Crippen MR) is 75.2 cm³/mol. The lowest BCUT2D eigenvalue weighted by molar-refractivity contribution is -0.117. The van der Waals surface area contributed by atoms with Crippen LogP contribution < -0.4 is 16.6 Å². The number of aryl methyl sites for hydroxylation is 2. The third-order valence-electron chi connectivity index (χ3n) is 2.63. The van der Waals surface area contributed by atoms with E-state index >= 15 is 0 Å². The number of aromatic nitrogens is 1. The largest absolute Gasteiger partial charge is 0.323 e. The first-order chi connectivity index (χ1) is 7.95. The van der Waals surface area contributed by atoms with Crippen molar-refractivity contribution in [2.24, 2.45) is 12.8 Å². The SMILES string of the molecule is CCCC(N)C(=O)Nc1cn(C)c(=O)cc1C.Cl. The van der Waals surface area contributed by atoms with Crippen LogP contribution in [0.2, 0.25) is 0 Å². The van der Waals surface area contributed by atoms with Crippen molar-refractivity contribution >= 4 is 24.0 Å². The second-order valence-corrected chi connectivity index (χ2v) is 4.20.